The van der Waals surface area contributed by atoms with Crippen molar-refractivity contribution in [3.63, 3.8) is 0 Å². The second-order valence-electron chi connectivity index (χ2n) is 3.70. The van der Waals surface area contributed by atoms with Gasteiger partial charge in [-0.1, -0.05) is 0 Å². The van der Waals surface area contributed by atoms with Crippen molar-refractivity contribution in [1.82, 2.24) is 0 Å². The molecule has 0 spiro atoms. The number of hydrogen-bond donors (Lipinski definition) is 1. The molecule has 0 aliphatic carbocycles. The highest BCUT2D eigenvalue weighted by atomic mass is 79.9. The fourth-order valence-electron chi connectivity index (χ4n) is 1.46. The Morgan fingerprint density at radius 2 is 2.05 bits per heavy atom. The number of benzene rings is 1. The maximum Gasteiger partial charge on any atom is 0.338 e. The maximum atomic E-state index is 11.6. The highest BCUT2D eigenvalue weighted by Gasteiger charge is 2.10. The number of nitrogens with one attached hydrogen (secondary N) is 1. The average Bonchev–Trinajstić information content (AvgIpc) is 2.41. The molecule has 0 radical (unpaired) electrons. The van der Waals surface area contributed by atoms with Crippen LogP contribution in [0.25, 0.3) is 0 Å². The molecule has 0 saturated heterocycles. The second-order valence-corrected chi connectivity index (χ2v) is 4.55. The third-order valence-electron chi connectivity index (χ3n) is 2.47. The summed E-state index contributed by atoms with van der Waals surface area (Å²) < 4.78 is 15.9. The summed E-state index contributed by atoms with van der Waals surface area (Å²) >= 11 is 3.41. The van der Waals surface area contributed by atoms with Crippen molar-refractivity contribution in [3.05, 3.63) is 28.2 Å². The molecule has 0 amide bonds. The van der Waals surface area contributed by atoms with Gasteiger partial charge >= 0.3 is 5.97 Å². The van der Waals surface area contributed by atoms with Crippen LogP contribution in [0.15, 0.2) is 22.7 Å². The van der Waals surface area contributed by atoms with Gasteiger partial charge in [-0.15, -0.1) is 0 Å². The van der Waals surface area contributed by atoms with Gasteiger partial charge in [0.25, 0.3) is 0 Å². The molecule has 1 rings (SSSR count). The first-order valence-electron chi connectivity index (χ1n) is 5.88. The van der Waals surface area contributed by atoms with Crippen molar-refractivity contribution in [2.45, 2.75) is 13.2 Å². The summed E-state index contributed by atoms with van der Waals surface area (Å²) in [6, 6.07) is 5.23. The van der Waals surface area contributed by atoms with E-state index < -0.39 is 0 Å². The Kier molecular flexibility index (Phi) is 6.83. The van der Waals surface area contributed by atoms with Crippen molar-refractivity contribution >= 4 is 27.6 Å². The topological polar surface area (TPSA) is 56.8 Å². The summed E-state index contributed by atoms with van der Waals surface area (Å²) in [6.07, 6.45) is -0.323. The molecule has 1 N–H and O–H groups in total. The molecule has 0 atom stereocenters. The van der Waals surface area contributed by atoms with E-state index in [9.17, 15) is 4.79 Å². The van der Waals surface area contributed by atoms with E-state index in [4.69, 9.17) is 14.2 Å². The molecule has 106 valence electrons. The van der Waals surface area contributed by atoms with Crippen LogP contribution in [0.5, 0.6) is 0 Å². The highest BCUT2D eigenvalue weighted by Crippen LogP contribution is 2.24. The van der Waals surface area contributed by atoms with E-state index in [-0.39, 0.29) is 12.3 Å². The Hall–Kier alpha value is -1.11. The number of halogens is 1. The van der Waals surface area contributed by atoms with E-state index in [1.807, 2.05) is 0 Å². The summed E-state index contributed by atoms with van der Waals surface area (Å²) in [5, 5.41) is 3.16. The first-order valence-corrected chi connectivity index (χ1v) is 6.67. The molecule has 5 nitrogen and oxygen atoms in total. The van der Waals surface area contributed by atoms with E-state index in [0.717, 1.165) is 10.2 Å². The van der Waals surface area contributed by atoms with Crippen LogP contribution < -0.4 is 5.32 Å². The molecule has 0 aromatic heterocycles. The maximum absolute atomic E-state index is 11.6. The zero-order valence-electron chi connectivity index (χ0n) is 11.2. The fraction of sp³-hybridized carbons (Fsp3) is 0.462. The Morgan fingerprint density at radius 1 is 1.37 bits per heavy atom. The minimum absolute atomic E-state index is 0.323. The summed E-state index contributed by atoms with van der Waals surface area (Å²) in [4.78, 5) is 11.6. The lowest BCUT2D eigenvalue weighted by molar-refractivity contribution is -0.0914. The van der Waals surface area contributed by atoms with Gasteiger partial charge in [-0.25, -0.2) is 4.79 Å². The Bertz CT molecular complexity index is 421. The normalized spacial score (nSPS) is 10.6. The van der Waals surface area contributed by atoms with E-state index in [0.29, 0.717) is 18.7 Å². The van der Waals surface area contributed by atoms with Crippen molar-refractivity contribution < 1.29 is 19.0 Å². The molecule has 0 saturated carbocycles. The van der Waals surface area contributed by atoms with E-state index in [1.54, 1.807) is 39.3 Å². The summed E-state index contributed by atoms with van der Waals surface area (Å²) in [7, 11) is 3.16. The van der Waals surface area contributed by atoms with Crippen LogP contribution in [-0.2, 0) is 14.2 Å². The number of rotatable bonds is 7. The monoisotopic (exact) mass is 331 g/mol. The second kappa shape index (κ2) is 8.14. The van der Waals surface area contributed by atoms with Gasteiger partial charge in [-0.2, -0.15) is 0 Å². The zero-order chi connectivity index (χ0) is 14.3. The molecule has 0 bridgehead atoms. The van der Waals surface area contributed by atoms with Gasteiger partial charge in [0.15, 0.2) is 6.29 Å². The van der Waals surface area contributed by atoms with E-state index in [1.165, 1.54) is 0 Å². The number of hydrogen-bond acceptors (Lipinski definition) is 5. The molecule has 1 aromatic rings. The lowest BCUT2D eigenvalue weighted by atomic mass is 10.2. The van der Waals surface area contributed by atoms with Gasteiger partial charge in [0.05, 0.1) is 18.7 Å². The predicted molar refractivity (Wildman–Crippen MR) is 76.4 cm³/mol. The smallest absolute Gasteiger partial charge is 0.338 e. The van der Waals surface area contributed by atoms with Crippen LogP contribution in [0.2, 0.25) is 0 Å². The molecule has 0 heterocycles. The van der Waals surface area contributed by atoms with Gasteiger partial charge in [-0.05, 0) is 41.1 Å². The molecule has 6 heteroatoms. The van der Waals surface area contributed by atoms with Gasteiger partial charge in [-0.3, -0.25) is 0 Å². The van der Waals surface area contributed by atoms with E-state index in [2.05, 4.69) is 21.2 Å². The number of methoxy groups -OCH3 is 2. The summed E-state index contributed by atoms with van der Waals surface area (Å²) in [6.45, 7) is 2.64. The third-order valence-corrected chi connectivity index (χ3v) is 3.12. The number of carbonyl (C=O) groups excluding carboxylic acids is 1. The van der Waals surface area contributed by atoms with Crippen molar-refractivity contribution in [1.29, 1.82) is 0 Å². The lowest BCUT2D eigenvalue weighted by Gasteiger charge is -2.16. The first kappa shape index (κ1) is 15.9. The van der Waals surface area contributed by atoms with Crippen molar-refractivity contribution in [2.24, 2.45) is 0 Å². The van der Waals surface area contributed by atoms with Gasteiger partial charge in [0.1, 0.15) is 0 Å². The Morgan fingerprint density at radius 3 is 2.58 bits per heavy atom. The number of carbonyl (C=O) groups is 1. The lowest BCUT2D eigenvalue weighted by Crippen LogP contribution is -2.23. The molecule has 0 fully saturated rings. The van der Waals surface area contributed by atoms with Crippen LogP contribution in [0.3, 0.4) is 0 Å². The van der Waals surface area contributed by atoms with Gasteiger partial charge < -0.3 is 19.5 Å². The van der Waals surface area contributed by atoms with Crippen LogP contribution in [0.1, 0.15) is 17.3 Å². The Balaban J connectivity index is 2.69. The standard InChI is InChI=1S/C13H18BrNO4/c1-4-19-13(16)9-5-6-11(10(14)7-9)15-8-12(17-2)18-3/h5-7,12,15H,4,8H2,1-3H3. The Labute approximate surface area is 121 Å². The first-order chi connectivity index (χ1) is 9.12. The molecule has 0 aliphatic rings. The van der Waals surface area contributed by atoms with E-state index >= 15 is 0 Å². The quantitative estimate of drug-likeness (QED) is 0.615. The molecule has 0 unspecified atom stereocenters. The highest BCUT2D eigenvalue weighted by molar-refractivity contribution is 9.10. The van der Waals surface area contributed by atoms with Crippen LogP contribution in [0, 0.1) is 0 Å². The van der Waals surface area contributed by atoms with Crippen LogP contribution in [-0.4, -0.2) is 39.6 Å². The van der Waals surface area contributed by atoms with Crippen molar-refractivity contribution in [3.8, 4) is 0 Å². The predicted octanol–water partition coefficient (Wildman–Crippen LogP) is 2.66. The SMILES string of the molecule is CCOC(=O)c1ccc(NCC(OC)OC)c(Br)c1. The minimum atomic E-state index is -0.332. The molecule has 1 aromatic carbocycles. The number of anilines is 1. The largest absolute Gasteiger partial charge is 0.462 e. The number of ether oxygens (including phenoxy) is 3. The van der Waals surface area contributed by atoms with Crippen LogP contribution >= 0.6 is 15.9 Å². The van der Waals surface area contributed by atoms with Gasteiger partial charge in [0, 0.05) is 24.4 Å². The molecule has 0 aliphatic heterocycles. The van der Waals surface area contributed by atoms with Crippen LogP contribution in [0.4, 0.5) is 5.69 Å². The van der Waals surface area contributed by atoms with Gasteiger partial charge in [0.2, 0.25) is 0 Å². The summed E-state index contributed by atoms with van der Waals surface area (Å²) in [5.74, 6) is -0.332. The fourth-order valence-corrected chi connectivity index (χ4v) is 1.98. The third kappa shape index (κ3) is 4.81. The molecule has 19 heavy (non-hydrogen) atoms. The zero-order valence-corrected chi connectivity index (χ0v) is 12.8. The molecular formula is C13H18BrNO4. The van der Waals surface area contributed by atoms with Crippen molar-refractivity contribution in [2.75, 3.05) is 32.7 Å². The minimum Gasteiger partial charge on any atom is -0.462 e. The number of esters is 1. The summed E-state index contributed by atoms with van der Waals surface area (Å²) in [5.41, 5.74) is 1.36. The molecular weight excluding hydrogens is 314 g/mol. The average molecular weight is 332 g/mol.